The van der Waals surface area contributed by atoms with Crippen LogP contribution >= 0.6 is 0 Å². The molecule has 1 aromatic rings. The number of benzene rings is 1. The Bertz CT molecular complexity index is 392. The highest BCUT2D eigenvalue weighted by Gasteiger charge is 2.16. The van der Waals surface area contributed by atoms with Crippen LogP contribution in [0.2, 0.25) is 0 Å². The number of nitriles is 1. The molecule has 0 aliphatic heterocycles. The molecule has 0 heterocycles. The molecule has 0 aliphatic rings. The summed E-state index contributed by atoms with van der Waals surface area (Å²) in [7, 11) is 0. The zero-order chi connectivity index (χ0) is 12.0. The number of amides is 1. The van der Waals surface area contributed by atoms with Crippen LogP contribution < -0.4 is 11.1 Å². The highest BCUT2D eigenvalue weighted by molar-refractivity contribution is 5.81. The molecule has 84 valence electrons. The van der Waals surface area contributed by atoms with Gasteiger partial charge in [0.2, 0.25) is 5.91 Å². The van der Waals surface area contributed by atoms with Crippen molar-refractivity contribution in [3.63, 3.8) is 0 Å². The summed E-state index contributed by atoms with van der Waals surface area (Å²) in [5.41, 5.74) is 6.68. The predicted molar refractivity (Wildman–Crippen MR) is 61.4 cm³/mol. The predicted octanol–water partition coefficient (Wildman–Crippen LogP) is 1.08. The van der Waals surface area contributed by atoms with E-state index in [0.717, 1.165) is 18.5 Å². The number of rotatable bonds is 5. The largest absolute Gasteiger partial charge is 0.368 e. The molecule has 1 rings (SSSR count). The zero-order valence-electron chi connectivity index (χ0n) is 9.23. The van der Waals surface area contributed by atoms with E-state index < -0.39 is 11.9 Å². The van der Waals surface area contributed by atoms with E-state index >= 15 is 0 Å². The molecule has 1 aromatic carbocycles. The van der Waals surface area contributed by atoms with Gasteiger partial charge in [0.1, 0.15) is 6.04 Å². The van der Waals surface area contributed by atoms with Gasteiger partial charge < -0.3 is 11.1 Å². The maximum absolute atomic E-state index is 11.3. The minimum Gasteiger partial charge on any atom is -0.368 e. The van der Waals surface area contributed by atoms with Crippen LogP contribution in [0.5, 0.6) is 0 Å². The van der Waals surface area contributed by atoms with E-state index in [1.165, 1.54) is 0 Å². The van der Waals surface area contributed by atoms with Crippen molar-refractivity contribution < 1.29 is 4.79 Å². The van der Waals surface area contributed by atoms with Crippen LogP contribution in [0.25, 0.3) is 0 Å². The molecular formula is C12H15N3O. The number of carbonyl (C=O) groups excluding carboxylic acids is 1. The quantitative estimate of drug-likeness (QED) is 0.774. The van der Waals surface area contributed by atoms with Crippen LogP contribution in [0.4, 0.5) is 0 Å². The summed E-state index contributed by atoms with van der Waals surface area (Å²) in [5.74, 6) is -0.404. The number of nitrogens with one attached hydrogen (secondary N) is 1. The number of nitrogens with two attached hydrogens (primary N) is 1. The summed E-state index contributed by atoms with van der Waals surface area (Å²) in [6.45, 7) is 2.75. The Balaban J connectivity index is 2.85. The first-order valence-corrected chi connectivity index (χ1v) is 5.21. The fourth-order valence-corrected chi connectivity index (χ4v) is 1.42. The number of hydrogen-bond acceptors (Lipinski definition) is 3. The lowest BCUT2D eigenvalue weighted by Gasteiger charge is -2.15. The Hall–Kier alpha value is -1.86. The summed E-state index contributed by atoms with van der Waals surface area (Å²) >= 11 is 0. The SMILES string of the molecule is CCCNC(C(N)=O)c1ccc(C#N)cc1. The fraction of sp³-hybridized carbons (Fsp3) is 0.333. The highest BCUT2D eigenvalue weighted by atomic mass is 16.1. The second-order valence-electron chi connectivity index (χ2n) is 3.52. The van der Waals surface area contributed by atoms with Crippen molar-refractivity contribution in [2.24, 2.45) is 5.73 Å². The fourth-order valence-electron chi connectivity index (χ4n) is 1.42. The monoisotopic (exact) mass is 217 g/mol. The van der Waals surface area contributed by atoms with E-state index in [1.54, 1.807) is 24.3 Å². The number of nitrogens with zero attached hydrogens (tertiary/aromatic N) is 1. The Morgan fingerprint density at radius 1 is 1.50 bits per heavy atom. The van der Waals surface area contributed by atoms with Gasteiger partial charge in [-0.2, -0.15) is 5.26 Å². The summed E-state index contributed by atoms with van der Waals surface area (Å²) in [6.07, 6.45) is 0.931. The van der Waals surface area contributed by atoms with Crippen LogP contribution in [0, 0.1) is 11.3 Å². The second-order valence-corrected chi connectivity index (χ2v) is 3.52. The van der Waals surface area contributed by atoms with Crippen molar-refractivity contribution >= 4 is 5.91 Å². The van der Waals surface area contributed by atoms with Gasteiger partial charge in [-0.25, -0.2) is 0 Å². The molecule has 0 saturated heterocycles. The highest BCUT2D eigenvalue weighted by Crippen LogP contribution is 2.13. The van der Waals surface area contributed by atoms with Gasteiger partial charge in [0.25, 0.3) is 0 Å². The lowest BCUT2D eigenvalue weighted by Crippen LogP contribution is -2.34. The molecule has 16 heavy (non-hydrogen) atoms. The summed E-state index contributed by atoms with van der Waals surface area (Å²) in [4.78, 5) is 11.3. The maximum atomic E-state index is 11.3. The molecule has 0 radical (unpaired) electrons. The van der Waals surface area contributed by atoms with Gasteiger partial charge in [-0.3, -0.25) is 4.79 Å². The van der Waals surface area contributed by atoms with Crippen molar-refractivity contribution in [1.29, 1.82) is 5.26 Å². The standard InChI is InChI=1S/C12H15N3O/c1-2-7-15-11(12(14)16)10-5-3-9(8-13)4-6-10/h3-6,11,15H,2,7H2,1H3,(H2,14,16). The van der Waals surface area contributed by atoms with Gasteiger partial charge in [-0.15, -0.1) is 0 Å². The first-order chi connectivity index (χ1) is 7.69. The molecule has 0 aromatic heterocycles. The van der Waals surface area contributed by atoms with Crippen molar-refractivity contribution in [2.75, 3.05) is 6.54 Å². The zero-order valence-corrected chi connectivity index (χ0v) is 9.23. The molecule has 4 nitrogen and oxygen atoms in total. The lowest BCUT2D eigenvalue weighted by atomic mass is 10.0. The summed E-state index contributed by atoms with van der Waals surface area (Å²) < 4.78 is 0. The average molecular weight is 217 g/mol. The molecule has 0 aliphatic carbocycles. The second kappa shape index (κ2) is 5.89. The molecule has 0 saturated carbocycles. The Morgan fingerprint density at radius 2 is 2.12 bits per heavy atom. The first kappa shape index (κ1) is 12.2. The topological polar surface area (TPSA) is 78.9 Å². The number of carbonyl (C=O) groups is 1. The summed E-state index contributed by atoms with van der Waals surface area (Å²) in [5, 5.41) is 11.7. The third kappa shape index (κ3) is 3.07. The smallest absolute Gasteiger partial charge is 0.239 e. The van der Waals surface area contributed by atoms with Crippen molar-refractivity contribution in [1.82, 2.24) is 5.32 Å². The van der Waals surface area contributed by atoms with E-state index in [1.807, 2.05) is 13.0 Å². The van der Waals surface area contributed by atoms with E-state index in [-0.39, 0.29) is 0 Å². The molecule has 0 bridgehead atoms. The Morgan fingerprint density at radius 3 is 2.56 bits per heavy atom. The average Bonchev–Trinajstić information content (AvgIpc) is 2.30. The van der Waals surface area contributed by atoms with Crippen molar-refractivity contribution in [3.05, 3.63) is 35.4 Å². The number of hydrogen-bond donors (Lipinski definition) is 2. The molecule has 4 heteroatoms. The first-order valence-electron chi connectivity index (χ1n) is 5.21. The molecule has 1 atom stereocenters. The summed E-state index contributed by atoms with van der Waals surface area (Å²) in [6, 6.07) is 8.40. The van der Waals surface area contributed by atoms with Gasteiger partial charge in [-0.1, -0.05) is 19.1 Å². The normalized spacial score (nSPS) is 11.8. The van der Waals surface area contributed by atoms with E-state index in [2.05, 4.69) is 5.32 Å². The van der Waals surface area contributed by atoms with Crippen molar-refractivity contribution in [2.45, 2.75) is 19.4 Å². The number of primary amides is 1. The van der Waals surface area contributed by atoms with E-state index in [9.17, 15) is 4.79 Å². The van der Waals surface area contributed by atoms with Crippen LogP contribution in [-0.2, 0) is 4.79 Å². The van der Waals surface area contributed by atoms with Crippen LogP contribution in [0.3, 0.4) is 0 Å². The molecular weight excluding hydrogens is 202 g/mol. The van der Waals surface area contributed by atoms with Gasteiger partial charge in [-0.05, 0) is 30.7 Å². The van der Waals surface area contributed by atoms with Crippen LogP contribution in [0.15, 0.2) is 24.3 Å². The van der Waals surface area contributed by atoms with Crippen LogP contribution in [0.1, 0.15) is 30.5 Å². The third-order valence-corrected chi connectivity index (χ3v) is 2.26. The lowest BCUT2D eigenvalue weighted by molar-refractivity contribution is -0.120. The van der Waals surface area contributed by atoms with Gasteiger partial charge >= 0.3 is 0 Å². The minimum atomic E-state index is -0.479. The van der Waals surface area contributed by atoms with Crippen molar-refractivity contribution in [3.8, 4) is 6.07 Å². The minimum absolute atomic E-state index is 0.404. The maximum Gasteiger partial charge on any atom is 0.239 e. The van der Waals surface area contributed by atoms with Gasteiger partial charge in [0, 0.05) is 0 Å². The third-order valence-electron chi connectivity index (χ3n) is 2.26. The molecule has 3 N–H and O–H groups in total. The van der Waals surface area contributed by atoms with Gasteiger partial charge in [0.15, 0.2) is 0 Å². The Kier molecular flexibility index (Phi) is 4.49. The molecule has 1 unspecified atom stereocenters. The molecule has 1 amide bonds. The van der Waals surface area contributed by atoms with Gasteiger partial charge in [0.05, 0.1) is 11.6 Å². The molecule has 0 fully saturated rings. The van der Waals surface area contributed by atoms with E-state index in [0.29, 0.717) is 5.56 Å². The van der Waals surface area contributed by atoms with Crippen LogP contribution in [-0.4, -0.2) is 12.5 Å². The molecule has 0 spiro atoms. The Labute approximate surface area is 95.1 Å². The van der Waals surface area contributed by atoms with E-state index in [4.69, 9.17) is 11.0 Å².